The van der Waals surface area contributed by atoms with Gasteiger partial charge in [-0.1, -0.05) is 15.9 Å². The van der Waals surface area contributed by atoms with E-state index in [4.69, 9.17) is 4.42 Å². The summed E-state index contributed by atoms with van der Waals surface area (Å²) in [5.41, 5.74) is 1.000. The van der Waals surface area contributed by atoms with Crippen molar-refractivity contribution >= 4 is 33.4 Å². The van der Waals surface area contributed by atoms with Crippen LogP contribution in [0.1, 0.15) is 33.5 Å². The molecule has 134 valence electrons. The minimum absolute atomic E-state index is 0.156. The summed E-state index contributed by atoms with van der Waals surface area (Å²) >= 11 is 3.33. The van der Waals surface area contributed by atoms with Gasteiger partial charge in [-0.25, -0.2) is 0 Å². The third kappa shape index (κ3) is 4.20. The third-order valence-corrected chi connectivity index (χ3v) is 4.19. The second-order valence-corrected chi connectivity index (χ2v) is 6.39. The number of hydrogen-bond acceptors (Lipinski definition) is 4. The molecule has 26 heavy (non-hydrogen) atoms. The zero-order chi connectivity index (χ0) is 18.5. The summed E-state index contributed by atoms with van der Waals surface area (Å²) in [7, 11) is 0. The molecule has 2 aromatic heterocycles. The number of halogens is 1. The summed E-state index contributed by atoms with van der Waals surface area (Å²) in [6.07, 6.45) is 3.18. The monoisotopic (exact) mass is 416 g/mol. The second-order valence-electron chi connectivity index (χ2n) is 5.47. The normalized spacial score (nSPS) is 10.5. The summed E-state index contributed by atoms with van der Waals surface area (Å²) in [5.74, 6) is -0.0679. The lowest BCUT2D eigenvalue weighted by Crippen LogP contribution is -2.25. The predicted octanol–water partition coefficient (Wildman–Crippen LogP) is 3.44. The number of carbonyl (C=O) groups is 2. The minimum Gasteiger partial charge on any atom is -0.467 e. The molecule has 8 heteroatoms. The van der Waals surface area contributed by atoms with E-state index in [1.54, 1.807) is 47.3 Å². The lowest BCUT2D eigenvalue weighted by molar-refractivity contribution is 0.0943. The van der Waals surface area contributed by atoms with E-state index in [9.17, 15) is 9.59 Å². The molecule has 0 fully saturated rings. The fraction of sp³-hybridized carbons (Fsp3) is 0.167. The molecule has 0 aliphatic heterocycles. The average Bonchev–Trinajstić information content (AvgIpc) is 3.30. The van der Waals surface area contributed by atoms with Gasteiger partial charge in [0.05, 0.1) is 18.5 Å². The van der Waals surface area contributed by atoms with Crippen LogP contribution in [0.25, 0.3) is 0 Å². The Labute approximate surface area is 158 Å². The van der Waals surface area contributed by atoms with Gasteiger partial charge >= 0.3 is 0 Å². The number of nitrogens with zero attached hydrogens (tertiary/aromatic N) is 2. The SMILES string of the molecule is CCn1cc(NC(=O)c2ccc(Br)cc2)c(C(=O)NCc2ccco2)n1. The fourth-order valence-corrected chi connectivity index (χ4v) is 2.57. The Morgan fingerprint density at radius 2 is 1.96 bits per heavy atom. The van der Waals surface area contributed by atoms with Gasteiger partial charge in [0, 0.05) is 22.8 Å². The highest BCUT2D eigenvalue weighted by atomic mass is 79.9. The zero-order valence-electron chi connectivity index (χ0n) is 14.0. The average molecular weight is 417 g/mol. The fourth-order valence-electron chi connectivity index (χ4n) is 2.30. The highest BCUT2D eigenvalue weighted by Gasteiger charge is 2.19. The summed E-state index contributed by atoms with van der Waals surface area (Å²) in [4.78, 5) is 24.9. The first-order valence-electron chi connectivity index (χ1n) is 8.01. The molecular formula is C18H17BrN4O3. The van der Waals surface area contributed by atoms with Crippen LogP contribution in [0.4, 0.5) is 5.69 Å². The summed E-state index contributed by atoms with van der Waals surface area (Å²) in [6, 6.07) is 10.5. The van der Waals surface area contributed by atoms with E-state index >= 15 is 0 Å². The lowest BCUT2D eigenvalue weighted by atomic mass is 10.2. The van der Waals surface area contributed by atoms with E-state index < -0.39 is 0 Å². The van der Waals surface area contributed by atoms with Gasteiger partial charge in [0.1, 0.15) is 5.76 Å². The molecule has 0 unspecified atom stereocenters. The molecule has 2 amide bonds. The predicted molar refractivity (Wildman–Crippen MR) is 99.9 cm³/mol. The van der Waals surface area contributed by atoms with Crippen LogP contribution < -0.4 is 10.6 Å². The first kappa shape index (κ1) is 17.9. The van der Waals surface area contributed by atoms with Crippen LogP contribution in [0.2, 0.25) is 0 Å². The van der Waals surface area contributed by atoms with Crippen molar-refractivity contribution in [2.45, 2.75) is 20.0 Å². The van der Waals surface area contributed by atoms with Gasteiger partial charge < -0.3 is 15.1 Å². The van der Waals surface area contributed by atoms with Crippen LogP contribution in [-0.2, 0) is 13.1 Å². The first-order valence-corrected chi connectivity index (χ1v) is 8.81. The quantitative estimate of drug-likeness (QED) is 0.643. The maximum absolute atomic E-state index is 12.5. The Morgan fingerprint density at radius 1 is 1.19 bits per heavy atom. The molecule has 7 nitrogen and oxygen atoms in total. The number of furan rings is 1. The van der Waals surface area contributed by atoms with Crippen LogP contribution in [0, 0.1) is 0 Å². The van der Waals surface area contributed by atoms with Crippen molar-refractivity contribution in [1.82, 2.24) is 15.1 Å². The van der Waals surface area contributed by atoms with Gasteiger partial charge in [-0.15, -0.1) is 0 Å². The molecule has 0 atom stereocenters. The third-order valence-electron chi connectivity index (χ3n) is 3.66. The molecule has 0 radical (unpaired) electrons. The molecule has 2 heterocycles. The van der Waals surface area contributed by atoms with Crippen LogP contribution >= 0.6 is 15.9 Å². The molecule has 3 rings (SSSR count). The van der Waals surface area contributed by atoms with Crippen LogP contribution in [-0.4, -0.2) is 21.6 Å². The number of rotatable bonds is 6. The number of aryl methyl sites for hydroxylation is 1. The first-order chi connectivity index (χ1) is 12.6. The summed E-state index contributed by atoms with van der Waals surface area (Å²) in [6.45, 7) is 2.72. The molecule has 0 aliphatic carbocycles. The molecule has 0 bridgehead atoms. The number of anilines is 1. The maximum Gasteiger partial charge on any atom is 0.274 e. The van der Waals surface area contributed by atoms with Gasteiger partial charge in [-0.3, -0.25) is 14.3 Å². The van der Waals surface area contributed by atoms with Crippen LogP contribution in [0.15, 0.2) is 57.7 Å². The topological polar surface area (TPSA) is 89.2 Å². The highest BCUT2D eigenvalue weighted by molar-refractivity contribution is 9.10. The van der Waals surface area contributed by atoms with Gasteiger partial charge in [0.2, 0.25) is 0 Å². The van der Waals surface area contributed by atoms with Gasteiger partial charge in [0.25, 0.3) is 11.8 Å². The number of benzene rings is 1. The number of nitrogens with one attached hydrogen (secondary N) is 2. The number of carbonyl (C=O) groups excluding carboxylic acids is 2. The lowest BCUT2D eigenvalue weighted by Gasteiger charge is -2.06. The van der Waals surface area contributed by atoms with E-state index in [0.29, 0.717) is 23.6 Å². The molecule has 1 aromatic carbocycles. The van der Waals surface area contributed by atoms with Crippen molar-refractivity contribution < 1.29 is 14.0 Å². The summed E-state index contributed by atoms with van der Waals surface area (Å²) in [5, 5.41) is 9.73. The highest BCUT2D eigenvalue weighted by Crippen LogP contribution is 2.17. The summed E-state index contributed by atoms with van der Waals surface area (Å²) < 4.78 is 7.67. The van der Waals surface area contributed by atoms with E-state index in [-0.39, 0.29) is 24.1 Å². The Balaban J connectivity index is 1.75. The van der Waals surface area contributed by atoms with E-state index in [0.717, 1.165) is 4.47 Å². The molecular weight excluding hydrogens is 400 g/mol. The van der Waals surface area contributed by atoms with Crippen molar-refractivity contribution in [3.63, 3.8) is 0 Å². The van der Waals surface area contributed by atoms with Crippen molar-refractivity contribution in [2.24, 2.45) is 0 Å². The van der Waals surface area contributed by atoms with Gasteiger partial charge in [-0.2, -0.15) is 5.10 Å². The Kier molecular flexibility index (Phi) is 5.52. The number of hydrogen-bond donors (Lipinski definition) is 2. The molecule has 3 aromatic rings. The molecule has 0 aliphatic rings. The van der Waals surface area contributed by atoms with Gasteiger partial charge in [0.15, 0.2) is 5.69 Å². The number of amides is 2. The van der Waals surface area contributed by atoms with Crippen molar-refractivity contribution in [3.05, 3.63) is 70.3 Å². The maximum atomic E-state index is 12.5. The van der Waals surface area contributed by atoms with Crippen LogP contribution in [0.3, 0.4) is 0 Å². The molecule has 0 spiro atoms. The molecule has 0 saturated heterocycles. The Hall–Kier alpha value is -2.87. The minimum atomic E-state index is -0.389. The van der Waals surface area contributed by atoms with Crippen molar-refractivity contribution in [3.8, 4) is 0 Å². The Bertz CT molecular complexity index is 901. The zero-order valence-corrected chi connectivity index (χ0v) is 15.6. The van der Waals surface area contributed by atoms with Crippen LogP contribution in [0.5, 0.6) is 0 Å². The van der Waals surface area contributed by atoms with Gasteiger partial charge in [-0.05, 0) is 43.3 Å². The Morgan fingerprint density at radius 3 is 2.62 bits per heavy atom. The van der Waals surface area contributed by atoms with E-state index in [1.165, 1.54) is 6.26 Å². The van der Waals surface area contributed by atoms with E-state index in [2.05, 4.69) is 31.7 Å². The second kappa shape index (κ2) is 8.01. The number of aromatic nitrogens is 2. The standard InChI is InChI=1S/C18H17BrN4O3/c1-2-23-11-15(21-17(24)12-5-7-13(19)8-6-12)16(22-23)18(25)20-10-14-4-3-9-26-14/h3-9,11H,2,10H2,1H3,(H,20,25)(H,21,24). The smallest absolute Gasteiger partial charge is 0.274 e. The molecule has 2 N–H and O–H groups in total. The largest absolute Gasteiger partial charge is 0.467 e. The van der Waals surface area contributed by atoms with Crippen molar-refractivity contribution in [2.75, 3.05) is 5.32 Å². The molecule has 0 saturated carbocycles. The van der Waals surface area contributed by atoms with Crippen molar-refractivity contribution in [1.29, 1.82) is 0 Å². The van der Waals surface area contributed by atoms with E-state index in [1.807, 2.05) is 6.92 Å².